The molecule has 1 unspecified atom stereocenters. The van der Waals surface area contributed by atoms with Crippen LogP contribution in [0.15, 0.2) is 42.5 Å². The van der Waals surface area contributed by atoms with Gasteiger partial charge in [-0.25, -0.2) is 9.18 Å². The fraction of sp³-hybridized carbons (Fsp3) is 0.188. The summed E-state index contributed by atoms with van der Waals surface area (Å²) >= 11 is 0. The van der Waals surface area contributed by atoms with Gasteiger partial charge in [0, 0.05) is 23.0 Å². The van der Waals surface area contributed by atoms with Gasteiger partial charge in [-0.2, -0.15) is 0 Å². The highest BCUT2D eigenvalue weighted by Crippen LogP contribution is 2.19. The third-order valence-corrected chi connectivity index (χ3v) is 3.19. The van der Waals surface area contributed by atoms with Crippen LogP contribution in [0.2, 0.25) is 0 Å². The Morgan fingerprint density at radius 1 is 1.19 bits per heavy atom. The molecule has 4 nitrogen and oxygen atoms in total. The molecule has 0 aliphatic carbocycles. The van der Waals surface area contributed by atoms with Crippen LogP contribution in [0.3, 0.4) is 0 Å². The molecule has 0 aliphatic rings. The lowest BCUT2D eigenvalue weighted by atomic mass is 10.1. The van der Waals surface area contributed by atoms with Crippen molar-refractivity contribution in [3.05, 3.63) is 59.4 Å². The summed E-state index contributed by atoms with van der Waals surface area (Å²) < 4.78 is 13.4. The van der Waals surface area contributed by atoms with Gasteiger partial charge in [0.05, 0.1) is 0 Å². The number of carbonyl (C=O) groups is 1. The highest BCUT2D eigenvalue weighted by molar-refractivity contribution is 6.00. The Morgan fingerprint density at radius 2 is 1.90 bits per heavy atom. The average Bonchev–Trinajstić information content (AvgIpc) is 2.44. The number of hydrogen-bond donors (Lipinski definition) is 3. The van der Waals surface area contributed by atoms with Crippen LogP contribution in [0.1, 0.15) is 24.1 Å². The maximum atomic E-state index is 13.4. The van der Waals surface area contributed by atoms with Gasteiger partial charge < -0.3 is 16.4 Å². The van der Waals surface area contributed by atoms with Gasteiger partial charge in [-0.15, -0.1) is 0 Å². The van der Waals surface area contributed by atoms with Gasteiger partial charge in [-0.3, -0.25) is 0 Å². The molecule has 0 radical (unpaired) electrons. The number of benzene rings is 2. The van der Waals surface area contributed by atoms with E-state index in [1.807, 2.05) is 25.1 Å². The topological polar surface area (TPSA) is 67.2 Å². The van der Waals surface area contributed by atoms with Crippen molar-refractivity contribution < 1.29 is 9.18 Å². The minimum absolute atomic E-state index is 0.111. The second-order valence-electron chi connectivity index (χ2n) is 4.91. The van der Waals surface area contributed by atoms with E-state index in [9.17, 15) is 9.18 Å². The summed E-state index contributed by atoms with van der Waals surface area (Å²) in [6.07, 6.45) is 0. The average molecular weight is 287 g/mol. The van der Waals surface area contributed by atoms with Crippen LogP contribution in [-0.2, 0) is 0 Å². The zero-order valence-corrected chi connectivity index (χ0v) is 12.0. The minimum Gasteiger partial charge on any atom is -0.324 e. The van der Waals surface area contributed by atoms with Crippen molar-refractivity contribution in [2.24, 2.45) is 5.73 Å². The van der Waals surface area contributed by atoms with E-state index in [2.05, 4.69) is 10.6 Å². The summed E-state index contributed by atoms with van der Waals surface area (Å²) in [6.45, 7) is 3.48. The number of urea groups is 1. The van der Waals surface area contributed by atoms with Crippen LogP contribution in [0.4, 0.5) is 20.6 Å². The van der Waals surface area contributed by atoms with Crippen molar-refractivity contribution in [3.63, 3.8) is 0 Å². The maximum Gasteiger partial charge on any atom is 0.323 e. The molecule has 2 rings (SSSR count). The SMILES string of the molecule is Cc1c(F)cccc1NC(=O)Nc1cccc(C(C)N)c1. The molecule has 0 bridgehead atoms. The van der Waals surface area contributed by atoms with Crippen LogP contribution in [0, 0.1) is 12.7 Å². The first kappa shape index (κ1) is 15.0. The van der Waals surface area contributed by atoms with E-state index >= 15 is 0 Å². The molecule has 0 fully saturated rings. The van der Waals surface area contributed by atoms with Crippen molar-refractivity contribution in [2.45, 2.75) is 19.9 Å². The fourth-order valence-corrected chi connectivity index (χ4v) is 1.93. The zero-order chi connectivity index (χ0) is 15.4. The second-order valence-corrected chi connectivity index (χ2v) is 4.91. The predicted molar refractivity (Wildman–Crippen MR) is 82.8 cm³/mol. The molecule has 0 saturated heterocycles. The van der Waals surface area contributed by atoms with E-state index in [4.69, 9.17) is 5.73 Å². The minimum atomic E-state index is -0.425. The normalized spacial score (nSPS) is 11.8. The Balaban J connectivity index is 2.08. The number of nitrogens with two attached hydrogens (primary N) is 1. The van der Waals surface area contributed by atoms with Crippen LogP contribution >= 0.6 is 0 Å². The Bertz CT molecular complexity index is 656. The predicted octanol–water partition coefficient (Wildman–Crippen LogP) is 3.80. The van der Waals surface area contributed by atoms with Gasteiger partial charge in [-0.05, 0) is 43.7 Å². The van der Waals surface area contributed by atoms with E-state index in [0.29, 0.717) is 16.9 Å². The summed E-state index contributed by atoms with van der Waals surface area (Å²) in [4.78, 5) is 12.0. The van der Waals surface area contributed by atoms with Crippen LogP contribution < -0.4 is 16.4 Å². The first-order chi connectivity index (χ1) is 9.97. The van der Waals surface area contributed by atoms with Gasteiger partial charge in [-0.1, -0.05) is 18.2 Å². The molecule has 2 amide bonds. The monoisotopic (exact) mass is 287 g/mol. The van der Waals surface area contributed by atoms with Gasteiger partial charge in [0.25, 0.3) is 0 Å². The standard InChI is InChI=1S/C16H18FN3O/c1-10-14(17)7-4-8-15(10)20-16(21)19-13-6-3-5-12(9-13)11(2)18/h3-9,11H,18H2,1-2H3,(H2,19,20,21). The van der Waals surface area contributed by atoms with Crippen molar-refractivity contribution >= 4 is 17.4 Å². The van der Waals surface area contributed by atoms with Gasteiger partial charge >= 0.3 is 6.03 Å². The number of anilines is 2. The molecule has 0 aromatic heterocycles. The Labute approximate surface area is 123 Å². The molecular weight excluding hydrogens is 269 g/mol. The number of halogens is 1. The molecule has 1 atom stereocenters. The highest BCUT2D eigenvalue weighted by Gasteiger charge is 2.08. The van der Waals surface area contributed by atoms with E-state index in [-0.39, 0.29) is 11.9 Å². The van der Waals surface area contributed by atoms with Crippen molar-refractivity contribution in [2.75, 3.05) is 10.6 Å². The molecule has 0 saturated carbocycles. The molecule has 5 heteroatoms. The number of rotatable bonds is 3. The lowest BCUT2D eigenvalue weighted by molar-refractivity contribution is 0.262. The first-order valence-electron chi connectivity index (χ1n) is 6.66. The molecular formula is C16H18FN3O. The summed E-state index contributed by atoms with van der Waals surface area (Å²) in [6, 6.07) is 11.3. The lowest BCUT2D eigenvalue weighted by Gasteiger charge is -2.12. The fourth-order valence-electron chi connectivity index (χ4n) is 1.93. The van der Waals surface area contributed by atoms with Crippen LogP contribution in [0.5, 0.6) is 0 Å². The molecule has 4 N–H and O–H groups in total. The summed E-state index contributed by atoms with van der Waals surface area (Å²) in [5.74, 6) is -0.355. The summed E-state index contributed by atoms with van der Waals surface area (Å²) in [5.41, 5.74) is 8.21. The van der Waals surface area contributed by atoms with Crippen molar-refractivity contribution in [1.82, 2.24) is 0 Å². The molecule has 110 valence electrons. The Kier molecular flexibility index (Phi) is 4.55. The summed E-state index contributed by atoms with van der Waals surface area (Å²) in [7, 11) is 0. The van der Waals surface area contributed by atoms with E-state index in [1.165, 1.54) is 6.07 Å². The molecule has 21 heavy (non-hydrogen) atoms. The third-order valence-electron chi connectivity index (χ3n) is 3.19. The zero-order valence-electron chi connectivity index (χ0n) is 12.0. The highest BCUT2D eigenvalue weighted by atomic mass is 19.1. The van der Waals surface area contributed by atoms with Crippen LogP contribution in [-0.4, -0.2) is 6.03 Å². The second kappa shape index (κ2) is 6.37. The molecule has 0 heterocycles. The van der Waals surface area contributed by atoms with E-state index in [1.54, 1.807) is 25.1 Å². The smallest absolute Gasteiger partial charge is 0.323 e. The third kappa shape index (κ3) is 3.79. The molecule has 0 spiro atoms. The quantitative estimate of drug-likeness (QED) is 0.803. The molecule has 2 aromatic rings. The Morgan fingerprint density at radius 3 is 2.62 bits per heavy atom. The van der Waals surface area contributed by atoms with Crippen LogP contribution in [0.25, 0.3) is 0 Å². The maximum absolute atomic E-state index is 13.4. The van der Waals surface area contributed by atoms with Gasteiger partial charge in [0.1, 0.15) is 5.82 Å². The largest absolute Gasteiger partial charge is 0.324 e. The molecule has 2 aromatic carbocycles. The lowest BCUT2D eigenvalue weighted by Crippen LogP contribution is -2.20. The van der Waals surface area contributed by atoms with Gasteiger partial charge in [0.15, 0.2) is 0 Å². The Hall–Kier alpha value is -2.40. The summed E-state index contributed by atoms with van der Waals surface area (Å²) in [5, 5.41) is 5.33. The van der Waals surface area contributed by atoms with E-state index < -0.39 is 6.03 Å². The van der Waals surface area contributed by atoms with Crippen molar-refractivity contribution in [1.29, 1.82) is 0 Å². The van der Waals surface area contributed by atoms with Crippen molar-refractivity contribution in [3.8, 4) is 0 Å². The number of carbonyl (C=O) groups excluding carboxylic acids is 1. The number of hydrogen-bond acceptors (Lipinski definition) is 2. The molecule has 0 aliphatic heterocycles. The van der Waals surface area contributed by atoms with E-state index in [0.717, 1.165) is 5.56 Å². The number of amides is 2. The number of nitrogens with one attached hydrogen (secondary N) is 2. The van der Waals surface area contributed by atoms with Gasteiger partial charge in [0.2, 0.25) is 0 Å². The first-order valence-corrected chi connectivity index (χ1v) is 6.66.